The first-order chi connectivity index (χ1) is 13.3. The average Bonchev–Trinajstić information content (AvgIpc) is 3.16. The number of rotatable bonds is 4. The fourth-order valence-corrected chi connectivity index (χ4v) is 3.08. The minimum Gasteiger partial charge on any atom is -0.356 e. The lowest BCUT2D eigenvalue weighted by molar-refractivity contribution is 0.318. The molecule has 0 spiro atoms. The second kappa shape index (κ2) is 10.2. The van der Waals surface area contributed by atoms with E-state index in [4.69, 9.17) is 4.52 Å². The molecule has 1 saturated heterocycles. The molecule has 2 N–H and O–H groups in total. The second-order valence-corrected chi connectivity index (χ2v) is 8.29. The van der Waals surface area contributed by atoms with Crippen molar-refractivity contribution in [3.05, 3.63) is 35.6 Å². The Bertz CT molecular complexity index is 790. The molecule has 0 unspecified atom stereocenters. The molecule has 3 heterocycles. The van der Waals surface area contributed by atoms with Gasteiger partial charge in [0.1, 0.15) is 5.82 Å². The second-order valence-electron chi connectivity index (χ2n) is 8.29. The van der Waals surface area contributed by atoms with E-state index in [1.54, 1.807) is 7.05 Å². The number of hydrogen-bond acceptors (Lipinski definition) is 6. The van der Waals surface area contributed by atoms with Gasteiger partial charge in [0.05, 0.1) is 6.54 Å². The van der Waals surface area contributed by atoms with Crippen molar-refractivity contribution >= 4 is 35.8 Å². The summed E-state index contributed by atoms with van der Waals surface area (Å²) in [7, 11) is 1.78. The number of nitrogens with one attached hydrogen (secondary N) is 2. The van der Waals surface area contributed by atoms with E-state index in [2.05, 4.69) is 75.5 Å². The number of pyridine rings is 1. The quantitative estimate of drug-likeness (QED) is 0.369. The van der Waals surface area contributed by atoms with Gasteiger partial charge in [-0.15, -0.1) is 24.0 Å². The van der Waals surface area contributed by atoms with E-state index in [-0.39, 0.29) is 29.4 Å². The highest BCUT2D eigenvalue weighted by atomic mass is 127. The highest BCUT2D eigenvalue weighted by Gasteiger charge is 2.23. The lowest BCUT2D eigenvalue weighted by Crippen LogP contribution is -2.48. The van der Waals surface area contributed by atoms with E-state index in [1.165, 1.54) is 5.56 Å². The number of halogens is 1. The normalized spacial score (nSPS) is 15.8. The monoisotopic (exact) mass is 513 g/mol. The Balaban J connectivity index is 0.00000300. The zero-order chi connectivity index (χ0) is 20.1. The molecule has 29 heavy (non-hydrogen) atoms. The molecule has 0 amide bonds. The lowest BCUT2D eigenvalue weighted by atomic mass is 9.97. The van der Waals surface area contributed by atoms with Crippen LogP contribution in [0.15, 0.2) is 27.8 Å². The number of aromatic nitrogens is 3. The lowest BCUT2D eigenvalue weighted by Gasteiger charge is -2.33. The van der Waals surface area contributed by atoms with E-state index in [1.807, 2.05) is 6.20 Å². The van der Waals surface area contributed by atoms with Crippen molar-refractivity contribution in [1.82, 2.24) is 25.8 Å². The van der Waals surface area contributed by atoms with Gasteiger partial charge in [-0.25, -0.2) is 4.98 Å². The zero-order valence-electron chi connectivity index (χ0n) is 17.9. The highest BCUT2D eigenvalue weighted by Crippen LogP contribution is 2.20. The van der Waals surface area contributed by atoms with Crippen LogP contribution in [0, 0.1) is 6.92 Å². The van der Waals surface area contributed by atoms with E-state index in [0.717, 1.165) is 37.7 Å². The molecule has 160 valence electrons. The number of guanidine groups is 1. The Morgan fingerprint density at radius 3 is 2.55 bits per heavy atom. The largest absolute Gasteiger partial charge is 0.356 e. The molecule has 1 aliphatic rings. The molecule has 9 heteroatoms. The van der Waals surface area contributed by atoms with Crippen LogP contribution in [0.3, 0.4) is 0 Å². The Kier molecular flexibility index (Phi) is 8.23. The summed E-state index contributed by atoms with van der Waals surface area (Å²) in [5.74, 6) is 3.09. The molecule has 1 fully saturated rings. The number of nitrogens with zero attached hydrogens (tertiary/aromatic N) is 5. The smallest absolute Gasteiger partial charge is 0.232 e. The zero-order valence-corrected chi connectivity index (χ0v) is 20.2. The predicted octanol–water partition coefficient (Wildman–Crippen LogP) is 3.02. The molecule has 0 atom stereocenters. The standard InChI is InChI=1S/C20H31N7O.HI/c1-14-6-7-17(22-12-14)27-10-8-15(9-11-27)24-19(21-5)23-13-16-25-18(28-26-16)20(2,3)4;/h6-7,12,15H,8-11,13H2,1-5H3,(H2,21,23,24);1H. The molecule has 0 aliphatic carbocycles. The maximum atomic E-state index is 5.33. The Morgan fingerprint density at radius 2 is 2.00 bits per heavy atom. The minimum absolute atomic E-state index is 0. The SMILES string of the molecule is CN=C(NCc1noc(C(C)(C)C)n1)NC1CCN(c2ccc(C)cn2)CC1.I. The Labute approximate surface area is 190 Å². The molecule has 8 nitrogen and oxygen atoms in total. The Hall–Kier alpha value is -1.91. The maximum absolute atomic E-state index is 5.33. The fourth-order valence-electron chi connectivity index (χ4n) is 3.08. The van der Waals surface area contributed by atoms with Crippen molar-refractivity contribution in [3.63, 3.8) is 0 Å². The molecular formula is C20H32IN7O. The van der Waals surface area contributed by atoms with Crippen molar-refractivity contribution in [2.75, 3.05) is 25.0 Å². The summed E-state index contributed by atoms with van der Waals surface area (Å²) in [6.07, 6.45) is 3.99. The van der Waals surface area contributed by atoms with Crippen molar-refractivity contribution in [3.8, 4) is 0 Å². The number of anilines is 1. The van der Waals surface area contributed by atoms with E-state index in [9.17, 15) is 0 Å². The molecule has 2 aromatic heterocycles. The van der Waals surface area contributed by atoms with Crippen LogP contribution in [0.2, 0.25) is 0 Å². The van der Waals surface area contributed by atoms with Gasteiger partial charge < -0.3 is 20.1 Å². The summed E-state index contributed by atoms with van der Waals surface area (Å²) in [5.41, 5.74) is 1.04. The van der Waals surface area contributed by atoms with Crippen LogP contribution in [-0.4, -0.2) is 47.3 Å². The average molecular weight is 513 g/mol. The summed E-state index contributed by atoms with van der Waals surface area (Å²) >= 11 is 0. The van der Waals surface area contributed by atoms with Crippen LogP contribution < -0.4 is 15.5 Å². The van der Waals surface area contributed by atoms with E-state index < -0.39 is 0 Å². The van der Waals surface area contributed by atoms with Crippen LogP contribution in [-0.2, 0) is 12.0 Å². The Morgan fingerprint density at radius 1 is 1.28 bits per heavy atom. The van der Waals surface area contributed by atoms with Crippen LogP contribution in [0.4, 0.5) is 5.82 Å². The van der Waals surface area contributed by atoms with Gasteiger partial charge in [0.25, 0.3) is 0 Å². The molecule has 0 bridgehead atoms. The van der Waals surface area contributed by atoms with Crippen LogP contribution in [0.25, 0.3) is 0 Å². The number of aryl methyl sites for hydroxylation is 1. The summed E-state index contributed by atoms with van der Waals surface area (Å²) in [6, 6.07) is 4.59. The maximum Gasteiger partial charge on any atom is 0.232 e. The third kappa shape index (κ3) is 6.55. The topological polar surface area (TPSA) is 91.5 Å². The van der Waals surface area contributed by atoms with Crippen LogP contribution in [0.5, 0.6) is 0 Å². The molecule has 0 aromatic carbocycles. The van der Waals surface area contributed by atoms with E-state index >= 15 is 0 Å². The van der Waals surface area contributed by atoms with Gasteiger partial charge in [0.15, 0.2) is 11.8 Å². The van der Waals surface area contributed by atoms with Gasteiger partial charge in [0.2, 0.25) is 5.89 Å². The number of hydrogen-bond donors (Lipinski definition) is 2. The molecular weight excluding hydrogens is 481 g/mol. The third-order valence-corrected chi connectivity index (χ3v) is 4.80. The summed E-state index contributed by atoms with van der Waals surface area (Å²) in [6.45, 7) is 10.6. The molecule has 3 rings (SSSR count). The van der Waals surface area contributed by atoms with Gasteiger partial charge in [-0.3, -0.25) is 4.99 Å². The predicted molar refractivity (Wildman–Crippen MR) is 126 cm³/mol. The first kappa shape index (κ1) is 23.4. The van der Waals surface area contributed by atoms with Gasteiger partial charge in [-0.1, -0.05) is 32.0 Å². The summed E-state index contributed by atoms with van der Waals surface area (Å²) in [4.78, 5) is 15.6. The molecule has 0 saturated carbocycles. The number of aliphatic imine (C=N–C) groups is 1. The molecule has 1 aliphatic heterocycles. The van der Waals surface area contributed by atoms with Gasteiger partial charge in [0, 0.05) is 37.8 Å². The molecule has 0 radical (unpaired) electrons. The van der Waals surface area contributed by atoms with Crippen molar-refractivity contribution in [1.29, 1.82) is 0 Å². The van der Waals surface area contributed by atoms with Crippen LogP contribution >= 0.6 is 24.0 Å². The van der Waals surface area contributed by atoms with E-state index in [0.29, 0.717) is 24.3 Å². The molecule has 2 aromatic rings. The summed E-state index contributed by atoms with van der Waals surface area (Å²) < 4.78 is 5.33. The summed E-state index contributed by atoms with van der Waals surface area (Å²) in [5, 5.41) is 10.8. The van der Waals surface area contributed by atoms with Gasteiger partial charge in [-0.2, -0.15) is 4.98 Å². The first-order valence-corrected chi connectivity index (χ1v) is 9.83. The van der Waals surface area contributed by atoms with Crippen molar-refractivity contribution in [2.45, 2.75) is 58.5 Å². The fraction of sp³-hybridized carbons (Fsp3) is 0.600. The van der Waals surface area contributed by atoms with Crippen molar-refractivity contribution in [2.24, 2.45) is 4.99 Å². The third-order valence-electron chi connectivity index (χ3n) is 4.80. The van der Waals surface area contributed by atoms with Crippen molar-refractivity contribution < 1.29 is 4.52 Å². The highest BCUT2D eigenvalue weighted by molar-refractivity contribution is 14.0. The first-order valence-electron chi connectivity index (χ1n) is 9.83. The minimum atomic E-state index is -0.147. The van der Waals surface area contributed by atoms with Gasteiger partial charge >= 0.3 is 0 Å². The van der Waals surface area contributed by atoms with Crippen LogP contribution in [0.1, 0.15) is 50.9 Å². The van der Waals surface area contributed by atoms with Gasteiger partial charge in [-0.05, 0) is 31.4 Å². The number of piperidine rings is 1.